The smallest absolute Gasteiger partial charge is 0.240 e. The maximum Gasteiger partial charge on any atom is 0.240 e. The van der Waals surface area contributed by atoms with Gasteiger partial charge in [-0.05, 0) is 62.9 Å². The van der Waals surface area contributed by atoms with Crippen LogP contribution in [0.3, 0.4) is 0 Å². The molecule has 2 aromatic carbocycles. The number of piperidine rings is 1. The number of nitrogens with zero attached hydrogens (tertiary/aromatic N) is 1. The second-order valence-corrected chi connectivity index (χ2v) is 9.38. The van der Waals surface area contributed by atoms with Crippen LogP contribution in [-0.4, -0.2) is 45.0 Å². The molecule has 30 heavy (non-hydrogen) atoms. The SMILES string of the molecule is CCOc1ccc(S(=O)(=O)NC2CCN(C(=O)CCc3ccc(C)cc3)CC2)cc1. The van der Waals surface area contributed by atoms with Crippen LogP contribution >= 0.6 is 0 Å². The van der Waals surface area contributed by atoms with Crippen molar-refractivity contribution >= 4 is 15.9 Å². The minimum atomic E-state index is -3.59. The lowest BCUT2D eigenvalue weighted by atomic mass is 10.0. The molecule has 1 fully saturated rings. The monoisotopic (exact) mass is 430 g/mol. The van der Waals surface area contributed by atoms with Crippen LogP contribution in [0.1, 0.15) is 37.3 Å². The first-order chi connectivity index (χ1) is 14.4. The predicted octanol–water partition coefficient (Wildman–Crippen LogP) is 3.30. The van der Waals surface area contributed by atoms with E-state index in [4.69, 9.17) is 4.74 Å². The largest absolute Gasteiger partial charge is 0.494 e. The molecular weight excluding hydrogens is 400 g/mol. The van der Waals surface area contributed by atoms with E-state index >= 15 is 0 Å². The van der Waals surface area contributed by atoms with Crippen LogP contribution in [0.5, 0.6) is 5.75 Å². The van der Waals surface area contributed by atoms with Crippen molar-refractivity contribution in [2.75, 3.05) is 19.7 Å². The van der Waals surface area contributed by atoms with Gasteiger partial charge in [-0.1, -0.05) is 29.8 Å². The Hall–Kier alpha value is -2.38. The van der Waals surface area contributed by atoms with E-state index < -0.39 is 10.0 Å². The van der Waals surface area contributed by atoms with Crippen molar-refractivity contribution in [1.29, 1.82) is 0 Å². The number of carbonyl (C=O) groups excluding carboxylic acids is 1. The van der Waals surface area contributed by atoms with Gasteiger partial charge < -0.3 is 9.64 Å². The molecule has 0 saturated carbocycles. The van der Waals surface area contributed by atoms with Gasteiger partial charge in [0.25, 0.3) is 0 Å². The summed E-state index contributed by atoms with van der Waals surface area (Å²) < 4.78 is 33.4. The summed E-state index contributed by atoms with van der Waals surface area (Å²) in [5.41, 5.74) is 2.37. The highest BCUT2D eigenvalue weighted by Crippen LogP contribution is 2.19. The highest BCUT2D eigenvalue weighted by Gasteiger charge is 2.26. The Morgan fingerprint density at radius 1 is 1.07 bits per heavy atom. The highest BCUT2D eigenvalue weighted by atomic mass is 32.2. The first-order valence-electron chi connectivity index (χ1n) is 10.5. The molecular formula is C23H30N2O4S. The fourth-order valence-electron chi connectivity index (χ4n) is 3.58. The van der Waals surface area contributed by atoms with Crippen molar-refractivity contribution in [2.45, 2.75) is 50.5 Å². The van der Waals surface area contributed by atoms with Gasteiger partial charge in [-0.15, -0.1) is 0 Å². The van der Waals surface area contributed by atoms with E-state index in [2.05, 4.69) is 29.0 Å². The fourth-order valence-corrected chi connectivity index (χ4v) is 4.89. The van der Waals surface area contributed by atoms with Crippen LogP contribution < -0.4 is 9.46 Å². The topological polar surface area (TPSA) is 75.7 Å². The van der Waals surface area contributed by atoms with E-state index in [1.807, 2.05) is 18.7 Å². The minimum absolute atomic E-state index is 0.128. The van der Waals surface area contributed by atoms with Crippen LogP contribution in [0.4, 0.5) is 0 Å². The summed E-state index contributed by atoms with van der Waals surface area (Å²) in [5.74, 6) is 0.775. The number of sulfonamides is 1. The van der Waals surface area contributed by atoms with E-state index in [0.29, 0.717) is 44.7 Å². The summed E-state index contributed by atoms with van der Waals surface area (Å²) >= 11 is 0. The standard InChI is InChI=1S/C23H30N2O4S/c1-3-29-21-9-11-22(12-10-21)30(27,28)24-20-14-16-25(17-15-20)23(26)13-8-19-6-4-18(2)5-7-19/h4-7,9-12,20,24H,3,8,13-17H2,1-2H3. The Kier molecular flexibility index (Phi) is 7.50. The zero-order chi connectivity index (χ0) is 21.6. The minimum Gasteiger partial charge on any atom is -0.494 e. The van der Waals surface area contributed by atoms with Crippen LogP contribution in [0.2, 0.25) is 0 Å². The van der Waals surface area contributed by atoms with E-state index in [1.54, 1.807) is 24.3 Å². The van der Waals surface area contributed by atoms with Crippen molar-refractivity contribution in [1.82, 2.24) is 9.62 Å². The highest BCUT2D eigenvalue weighted by molar-refractivity contribution is 7.89. The number of benzene rings is 2. The zero-order valence-corrected chi connectivity index (χ0v) is 18.5. The molecule has 2 aromatic rings. The zero-order valence-electron chi connectivity index (χ0n) is 17.6. The summed E-state index contributed by atoms with van der Waals surface area (Å²) in [7, 11) is -3.59. The molecule has 0 aromatic heterocycles. The normalized spacial score (nSPS) is 15.2. The Morgan fingerprint density at radius 3 is 2.30 bits per heavy atom. The van der Waals surface area contributed by atoms with Crippen molar-refractivity contribution in [3.8, 4) is 5.75 Å². The van der Waals surface area contributed by atoms with Gasteiger partial charge in [-0.25, -0.2) is 13.1 Å². The lowest BCUT2D eigenvalue weighted by molar-refractivity contribution is -0.132. The Bertz CT molecular complexity index is 932. The number of aryl methyl sites for hydroxylation is 2. The quantitative estimate of drug-likeness (QED) is 0.697. The van der Waals surface area contributed by atoms with Crippen LogP contribution in [0.25, 0.3) is 0 Å². The summed E-state index contributed by atoms with van der Waals surface area (Å²) in [6, 6.07) is 14.5. The number of amides is 1. The lowest BCUT2D eigenvalue weighted by Crippen LogP contribution is -2.46. The molecule has 1 amide bonds. The molecule has 1 aliphatic heterocycles. The van der Waals surface area contributed by atoms with Crippen LogP contribution in [0, 0.1) is 6.92 Å². The number of nitrogens with one attached hydrogen (secondary N) is 1. The molecule has 6 nitrogen and oxygen atoms in total. The molecule has 162 valence electrons. The molecule has 0 radical (unpaired) electrons. The number of carbonyl (C=O) groups is 1. The van der Waals surface area contributed by atoms with Crippen LogP contribution in [0.15, 0.2) is 53.4 Å². The molecule has 1 saturated heterocycles. The molecule has 0 spiro atoms. The predicted molar refractivity (Wildman–Crippen MR) is 117 cm³/mol. The molecule has 0 atom stereocenters. The molecule has 1 aliphatic rings. The molecule has 0 aliphatic carbocycles. The molecule has 1 heterocycles. The molecule has 7 heteroatoms. The molecule has 3 rings (SSSR count). The third-order valence-corrected chi connectivity index (χ3v) is 6.90. The third kappa shape index (κ3) is 6.06. The van der Waals surface area contributed by atoms with Crippen molar-refractivity contribution in [3.63, 3.8) is 0 Å². The molecule has 0 unspecified atom stereocenters. The van der Waals surface area contributed by atoms with E-state index in [1.165, 1.54) is 5.56 Å². The second kappa shape index (κ2) is 10.1. The van der Waals surface area contributed by atoms with E-state index in [0.717, 1.165) is 12.0 Å². The fraction of sp³-hybridized carbons (Fsp3) is 0.435. The number of hydrogen-bond donors (Lipinski definition) is 1. The number of likely N-dealkylation sites (tertiary alicyclic amines) is 1. The average Bonchev–Trinajstić information content (AvgIpc) is 2.74. The molecule has 1 N–H and O–H groups in total. The van der Waals surface area contributed by atoms with Gasteiger partial charge >= 0.3 is 0 Å². The number of ether oxygens (including phenoxy) is 1. The first kappa shape index (κ1) is 22.3. The summed E-state index contributed by atoms with van der Waals surface area (Å²) in [5, 5.41) is 0. The second-order valence-electron chi connectivity index (χ2n) is 7.67. The maximum atomic E-state index is 12.6. The van der Waals surface area contributed by atoms with Gasteiger partial charge in [0.05, 0.1) is 11.5 Å². The van der Waals surface area contributed by atoms with E-state index in [9.17, 15) is 13.2 Å². The van der Waals surface area contributed by atoms with E-state index in [-0.39, 0.29) is 16.8 Å². The Balaban J connectivity index is 1.47. The maximum absolute atomic E-state index is 12.6. The first-order valence-corrected chi connectivity index (χ1v) is 11.9. The van der Waals surface area contributed by atoms with Gasteiger partial charge in [0, 0.05) is 25.6 Å². The van der Waals surface area contributed by atoms with Gasteiger partial charge in [0.1, 0.15) is 5.75 Å². The van der Waals surface area contributed by atoms with Gasteiger partial charge in [0.15, 0.2) is 0 Å². The Labute approximate surface area is 179 Å². The van der Waals surface area contributed by atoms with Gasteiger partial charge in [-0.2, -0.15) is 0 Å². The van der Waals surface area contributed by atoms with Crippen molar-refractivity contribution in [3.05, 3.63) is 59.7 Å². The van der Waals surface area contributed by atoms with Gasteiger partial charge in [-0.3, -0.25) is 4.79 Å². The van der Waals surface area contributed by atoms with Gasteiger partial charge in [0.2, 0.25) is 15.9 Å². The lowest BCUT2D eigenvalue weighted by Gasteiger charge is -2.32. The summed E-state index contributed by atoms with van der Waals surface area (Å²) in [6.45, 7) is 5.61. The number of hydrogen-bond acceptors (Lipinski definition) is 4. The summed E-state index contributed by atoms with van der Waals surface area (Å²) in [6.07, 6.45) is 2.44. The summed E-state index contributed by atoms with van der Waals surface area (Å²) in [4.78, 5) is 14.6. The van der Waals surface area contributed by atoms with Crippen molar-refractivity contribution < 1.29 is 17.9 Å². The van der Waals surface area contributed by atoms with Crippen LogP contribution in [-0.2, 0) is 21.2 Å². The number of rotatable bonds is 8. The average molecular weight is 431 g/mol. The Morgan fingerprint density at radius 2 is 1.70 bits per heavy atom. The molecule has 0 bridgehead atoms. The third-order valence-electron chi connectivity index (χ3n) is 5.36. The van der Waals surface area contributed by atoms with Crippen molar-refractivity contribution in [2.24, 2.45) is 0 Å².